The van der Waals surface area contributed by atoms with Gasteiger partial charge in [-0.1, -0.05) is 23.2 Å². The largest absolute Gasteiger partial charge is 0.366 e. The Hall–Kier alpha value is -1.49. The van der Waals surface area contributed by atoms with Gasteiger partial charge in [0.1, 0.15) is 0 Å². The van der Waals surface area contributed by atoms with E-state index in [1.165, 1.54) is 0 Å². The van der Waals surface area contributed by atoms with Crippen molar-refractivity contribution in [2.45, 2.75) is 18.7 Å². The van der Waals surface area contributed by atoms with E-state index in [4.69, 9.17) is 23.2 Å². The second-order valence-electron chi connectivity index (χ2n) is 5.85. The minimum absolute atomic E-state index is 0.629. The van der Waals surface area contributed by atoms with E-state index in [9.17, 15) is 0 Å². The highest BCUT2D eigenvalue weighted by Gasteiger charge is 2.11. The zero-order valence-electron chi connectivity index (χ0n) is 15.5. The number of hydrogen-bond donors (Lipinski definition) is 0. The number of halogens is 2. The maximum absolute atomic E-state index is 6.45. The van der Waals surface area contributed by atoms with E-state index in [-0.39, 0.29) is 0 Å². The lowest BCUT2D eigenvalue weighted by Gasteiger charge is -2.13. The third kappa shape index (κ3) is 5.76. The van der Waals surface area contributed by atoms with Crippen LogP contribution < -0.4 is 0 Å². The molecule has 2 rings (SSSR count). The summed E-state index contributed by atoms with van der Waals surface area (Å²) in [5, 5.41) is 1.37. The zero-order chi connectivity index (χ0) is 19.1. The number of rotatable bonds is 7. The summed E-state index contributed by atoms with van der Waals surface area (Å²) in [6.45, 7) is 5.03. The lowest BCUT2D eigenvalue weighted by atomic mass is 10.0. The molecule has 0 atom stereocenters. The first kappa shape index (κ1) is 20.8. The van der Waals surface area contributed by atoms with Crippen LogP contribution in [0.1, 0.15) is 18.1 Å². The molecular weight excluding hydrogens is 385 g/mol. The standard InChI is InChI=1S/C20H23Cl2N3S/c1-5-25(4)13-24-19-10-14(2)17(11-18(19)22)20(23-3)12-26-16-8-6-15(21)7-9-16/h6-11,13H,5,12H2,1-4H3/b23-20+,24-13?. The number of benzene rings is 2. The minimum atomic E-state index is 0.629. The Balaban J connectivity index is 2.18. The van der Waals surface area contributed by atoms with Gasteiger partial charge in [0, 0.05) is 41.9 Å². The first-order chi connectivity index (χ1) is 12.4. The van der Waals surface area contributed by atoms with Crippen LogP contribution >= 0.6 is 35.0 Å². The fraction of sp³-hybridized carbons (Fsp3) is 0.300. The molecule has 3 nitrogen and oxygen atoms in total. The summed E-state index contributed by atoms with van der Waals surface area (Å²) in [4.78, 5) is 12.1. The Bertz CT molecular complexity index is 801. The number of thioether (sulfide) groups is 1. The topological polar surface area (TPSA) is 28.0 Å². The summed E-state index contributed by atoms with van der Waals surface area (Å²) in [7, 11) is 3.79. The molecule has 0 heterocycles. The molecule has 0 amide bonds. The van der Waals surface area contributed by atoms with Crippen molar-refractivity contribution in [1.82, 2.24) is 4.90 Å². The molecule has 2 aromatic carbocycles. The van der Waals surface area contributed by atoms with Gasteiger partial charge in [0.15, 0.2) is 0 Å². The molecule has 0 N–H and O–H groups in total. The molecule has 0 bridgehead atoms. The smallest absolute Gasteiger partial charge is 0.0910 e. The van der Waals surface area contributed by atoms with Gasteiger partial charge in [-0.3, -0.25) is 4.99 Å². The summed E-state index contributed by atoms with van der Waals surface area (Å²) < 4.78 is 0. The molecular formula is C20H23Cl2N3S. The lowest BCUT2D eigenvalue weighted by Crippen LogP contribution is -2.14. The van der Waals surface area contributed by atoms with Crippen LogP contribution in [0.3, 0.4) is 0 Å². The molecule has 0 radical (unpaired) electrons. The predicted molar refractivity (Wildman–Crippen MR) is 117 cm³/mol. The monoisotopic (exact) mass is 407 g/mol. The maximum atomic E-state index is 6.45. The van der Waals surface area contributed by atoms with E-state index in [1.54, 1.807) is 18.1 Å². The maximum Gasteiger partial charge on any atom is 0.0910 e. The first-order valence-corrected chi connectivity index (χ1v) is 10.1. The molecule has 0 aliphatic rings. The molecule has 0 aliphatic carbocycles. The lowest BCUT2D eigenvalue weighted by molar-refractivity contribution is 0.552. The number of nitrogens with zero attached hydrogens (tertiary/aromatic N) is 3. The Morgan fingerprint density at radius 2 is 1.88 bits per heavy atom. The molecule has 0 saturated carbocycles. The van der Waals surface area contributed by atoms with E-state index in [0.717, 1.165) is 44.7 Å². The average molecular weight is 408 g/mol. The molecule has 0 spiro atoms. The van der Waals surface area contributed by atoms with Gasteiger partial charge in [0.25, 0.3) is 0 Å². The molecule has 2 aromatic rings. The summed E-state index contributed by atoms with van der Waals surface area (Å²) in [6.07, 6.45) is 1.80. The van der Waals surface area contributed by atoms with Crippen LogP contribution in [0.2, 0.25) is 10.0 Å². The highest BCUT2D eigenvalue weighted by atomic mass is 35.5. The van der Waals surface area contributed by atoms with E-state index >= 15 is 0 Å². The third-order valence-electron chi connectivity index (χ3n) is 3.96. The number of hydrogen-bond acceptors (Lipinski definition) is 3. The van der Waals surface area contributed by atoms with E-state index in [0.29, 0.717) is 5.02 Å². The highest BCUT2D eigenvalue weighted by molar-refractivity contribution is 8.00. The van der Waals surface area contributed by atoms with E-state index < -0.39 is 0 Å². The van der Waals surface area contributed by atoms with Gasteiger partial charge in [-0.15, -0.1) is 11.8 Å². The Morgan fingerprint density at radius 3 is 2.50 bits per heavy atom. The predicted octanol–water partition coefficient (Wildman–Crippen LogP) is 6.12. The molecule has 0 fully saturated rings. The quantitative estimate of drug-likeness (QED) is 0.313. The van der Waals surface area contributed by atoms with Crippen molar-refractivity contribution in [3.8, 4) is 0 Å². The first-order valence-electron chi connectivity index (χ1n) is 8.33. The Morgan fingerprint density at radius 1 is 1.19 bits per heavy atom. The number of aryl methyl sites for hydroxylation is 1. The summed E-state index contributed by atoms with van der Waals surface area (Å²) in [5.41, 5.74) is 3.94. The summed E-state index contributed by atoms with van der Waals surface area (Å²) >= 11 is 14.1. The zero-order valence-corrected chi connectivity index (χ0v) is 17.8. The van der Waals surface area contributed by atoms with Crippen molar-refractivity contribution >= 4 is 52.7 Å². The van der Waals surface area contributed by atoms with Crippen LogP contribution in [0.4, 0.5) is 5.69 Å². The average Bonchev–Trinajstić information content (AvgIpc) is 2.64. The van der Waals surface area contributed by atoms with Crippen molar-refractivity contribution < 1.29 is 0 Å². The normalized spacial score (nSPS) is 12.0. The van der Waals surface area contributed by atoms with Crippen molar-refractivity contribution in [3.63, 3.8) is 0 Å². The molecule has 6 heteroatoms. The van der Waals surface area contributed by atoms with Crippen LogP contribution in [0.25, 0.3) is 0 Å². The summed E-state index contributed by atoms with van der Waals surface area (Å²) in [6, 6.07) is 11.8. The molecule has 0 aromatic heterocycles. The van der Waals surface area contributed by atoms with E-state index in [1.807, 2.05) is 55.4 Å². The van der Waals surface area contributed by atoms with Gasteiger partial charge in [-0.2, -0.15) is 0 Å². The van der Waals surface area contributed by atoms with Crippen LogP contribution in [-0.2, 0) is 0 Å². The second-order valence-corrected chi connectivity index (χ2v) is 7.74. The Labute approximate surface area is 170 Å². The SMILES string of the molecule is CCN(C)C=Nc1cc(C)c(/C(CSc2ccc(Cl)cc2)=N/C)cc1Cl. The third-order valence-corrected chi connectivity index (χ3v) is 5.53. The minimum Gasteiger partial charge on any atom is -0.366 e. The fourth-order valence-electron chi connectivity index (χ4n) is 2.26. The van der Waals surface area contributed by atoms with Gasteiger partial charge in [0.2, 0.25) is 0 Å². The van der Waals surface area contributed by atoms with Crippen molar-refractivity contribution in [2.24, 2.45) is 9.98 Å². The molecule has 0 unspecified atom stereocenters. The van der Waals surface area contributed by atoms with Gasteiger partial charge in [0.05, 0.1) is 22.8 Å². The molecule has 0 saturated heterocycles. The molecule has 26 heavy (non-hydrogen) atoms. The Kier molecular flexibility index (Phi) is 8.01. The van der Waals surface area contributed by atoms with Crippen molar-refractivity contribution in [2.75, 3.05) is 26.4 Å². The van der Waals surface area contributed by atoms with Gasteiger partial charge in [-0.05, 0) is 55.8 Å². The second kappa shape index (κ2) is 10.0. The van der Waals surface area contributed by atoms with Crippen molar-refractivity contribution in [3.05, 3.63) is 57.6 Å². The molecule has 0 aliphatic heterocycles. The van der Waals surface area contributed by atoms with Crippen LogP contribution in [0, 0.1) is 6.92 Å². The number of aliphatic imine (C=N–C) groups is 2. The van der Waals surface area contributed by atoms with Crippen LogP contribution in [0.5, 0.6) is 0 Å². The van der Waals surface area contributed by atoms with E-state index in [2.05, 4.69) is 23.8 Å². The van der Waals surface area contributed by atoms with Gasteiger partial charge in [-0.25, -0.2) is 4.99 Å². The van der Waals surface area contributed by atoms with Crippen molar-refractivity contribution in [1.29, 1.82) is 0 Å². The highest BCUT2D eigenvalue weighted by Crippen LogP contribution is 2.30. The fourth-order valence-corrected chi connectivity index (χ4v) is 3.52. The van der Waals surface area contributed by atoms with Crippen LogP contribution in [0.15, 0.2) is 51.3 Å². The van der Waals surface area contributed by atoms with Gasteiger partial charge < -0.3 is 4.90 Å². The van der Waals surface area contributed by atoms with Gasteiger partial charge >= 0.3 is 0 Å². The summed E-state index contributed by atoms with van der Waals surface area (Å²) in [5.74, 6) is 0.760. The molecule has 138 valence electrons. The van der Waals surface area contributed by atoms with Crippen LogP contribution in [-0.4, -0.2) is 43.3 Å².